The smallest absolute Gasteiger partial charge is 0.338 e. The second kappa shape index (κ2) is 11.7. The number of rotatable bonds is 7. The summed E-state index contributed by atoms with van der Waals surface area (Å²) in [5, 5.41) is 9.69. The molecule has 0 spiro atoms. The molecular formula is C30H35F3N8O3. The van der Waals surface area contributed by atoms with Gasteiger partial charge in [0.2, 0.25) is 5.91 Å². The molecule has 2 aliphatic heterocycles. The Morgan fingerprint density at radius 3 is 2.36 bits per heavy atom. The van der Waals surface area contributed by atoms with Crippen LogP contribution in [0.25, 0.3) is 11.3 Å². The van der Waals surface area contributed by atoms with E-state index in [9.17, 15) is 27.6 Å². The molecule has 234 valence electrons. The number of nitrogens with zero attached hydrogens (tertiary/aromatic N) is 6. The minimum Gasteiger partial charge on any atom is -0.338 e. The van der Waals surface area contributed by atoms with Crippen LogP contribution in [-0.2, 0) is 24.6 Å². The van der Waals surface area contributed by atoms with E-state index in [0.29, 0.717) is 55.5 Å². The van der Waals surface area contributed by atoms with Gasteiger partial charge >= 0.3 is 6.18 Å². The minimum atomic E-state index is -4.66. The molecule has 44 heavy (non-hydrogen) atoms. The highest BCUT2D eigenvalue weighted by Crippen LogP contribution is 2.37. The number of benzene rings is 1. The molecular weight excluding hydrogens is 577 g/mol. The Morgan fingerprint density at radius 1 is 1.07 bits per heavy atom. The van der Waals surface area contributed by atoms with Crippen LogP contribution in [-0.4, -0.2) is 85.6 Å². The van der Waals surface area contributed by atoms with Crippen molar-refractivity contribution in [1.29, 1.82) is 0 Å². The Hall–Kier alpha value is -4.20. The topological polar surface area (TPSA) is 117 Å². The number of anilines is 1. The van der Waals surface area contributed by atoms with E-state index in [1.807, 2.05) is 0 Å². The van der Waals surface area contributed by atoms with Gasteiger partial charge in [-0.25, -0.2) is 4.98 Å². The maximum absolute atomic E-state index is 13.9. The molecule has 3 aliphatic rings. The number of piperazine rings is 1. The normalized spacial score (nSPS) is 19.0. The maximum Gasteiger partial charge on any atom is 0.435 e. The quantitative estimate of drug-likeness (QED) is 0.423. The number of nitrogens with one attached hydrogen (secondary N) is 2. The van der Waals surface area contributed by atoms with Gasteiger partial charge in [-0.2, -0.15) is 18.3 Å². The van der Waals surface area contributed by atoms with Gasteiger partial charge in [0.15, 0.2) is 11.5 Å². The van der Waals surface area contributed by atoms with Crippen LogP contribution in [0.5, 0.6) is 0 Å². The molecule has 11 nitrogen and oxygen atoms in total. The minimum absolute atomic E-state index is 0.0674. The van der Waals surface area contributed by atoms with Gasteiger partial charge in [0.1, 0.15) is 0 Å². The molecule has 3 fully saturated rings. The van der Waals surface area contributed by atoms with E-state index < -0.39 is 17.8 Å². The van der Waals surface area contributed by atoms with Gasteiger partial charge in [-0.05, 0) is 62.4 Å². The molecule has 6 rings (SSSR count). The van der Waals surface area contributed by atoms with Crippen molar-refractivity contribution in [2.24, 2.45) is 13.0 Å². The van der Waals surface area contributed by atoms with Crippen LogP contribution in [0.4, 0.5) is 18.9 Å². The third-order valence-corrected chi connectivity index (χ3v) is 8.88. The van der Waals surface area contributed by atoms with Crippen LogP contribution >= 0.6 is 0 Å². The number of aromatic nitrogens is 4. The average molecular weight is 613 g/mol. The zero-order valence-electron chi connectivity index (χ0n) is 24.7. The Bertz CT molecular complexity index is 1580. The summed E-state index contributed by atoms with van der Waals surface area (Å²) in [6, 6.07) is 4.80. The van der Waals surface area contributed by atoms with Gasteiger partial charge in [-0.3, -0.25) is 19.1 Å². The zero-order chi connectivity index (χ0) is 31.2. The summed E-state index contributed by atoms with van der Waals surface area (Å²) >= 11 is 0. The van der Waals surface area contributed by atoms with E-state index in [1.165, 1.54) is 28.7 Å². The number of alkyl halides is 3. The number of carbonyl (C=O) groups excluding carboxylic acids is 3. The number of carbonyl (C=O) groups is 3. The molecule has 1 atom stereocenters. The number of aryl methyl sites for hydroxylation is 1. The van der Waals surface area contributed by atoms with Gasteiger partial charge < -0.3 is 25.0 Å². The molecule has 14 heteroatoms. The molecule has 0 bridgehead atoms. The van der Waals surface area contributed by atoms with Crippen molar-refractivity contribution < 1.29 is 27.6 Å². The largest absolute Gasteiger partial charge is 0.435 e. The third-order valence-electron chi connectivity index (χ3n) is 8.88. The van der Waals surface area contributed by atoms with Crippen molar-refractivity contribution in [3.8, 4) is 11.3 Å². The highest BCUT2D eigenvalue weighted by molar-refractivity contribution is 6.03. The summed E-state index contributed by atoms with van der Waals surface area (Å²) in [6.45, 7) is 4.87. The van der Waals surface area contributed by atoms with E-state index in [1.54, 1.807) is 34.9 Å². The Kier molecular flexibility index (Phi) is 7.95. The van der Waals surface area contributed by atoms with Crippen molar-refractivity contribution in [3.05, 3.63) is 53.2 Å². The first-order valence-corrected chi connectivity index (χ1v) is 14.9. The number of hydrogen-bond acceptors (Lipinski definition) is 6. The number of amides is 3. The molecule has 3 amide bonds. The molecule has 1 aromatic carbocycles. The van der Waals surface area contributed by atoms with Crippen molar-refractivity contribution in [2.75, 3.05) is 38.0 Å². The molecule has 3 aromatic rings. The Labute approximate surface area is 252 Å². The van der Waals surface area contributed by atoms with Gasteiger partial charge in [0.25, 0.3) is 11.8 Å². The van der Waals surface area contributed by atoms with Gasteiger partial charge in [0, 0.05) is 57.2 Å². The summed E-state index contributed by atoms with van der Waals surface area (Å²) in [5.41, 5.74) is 0.549. The summed E-state index contributed by atoms with van der Waals surface area (Å²) in [7, 11) is 1.49. The van der Waals surface area contributed by atoms with Crippen LogP contribution in [0.2, 0.25) is 0 Å². The van der Waals surface area contributed by atoms with Gasteiger partial charge in [-0.1, -0.05) is 6.42 Å². The highest BCUT2D eigenvalue weighted by Gasteiger charge is 2.39. The summed E-state index contributed by atoms with van der Waals surface area (Å²) in [6.07, 6.45) is 1.81. The number of halogens is 3. The molecule has 2 N–H and O–H groups in total. The molecule has 4 heterocycles. The monoisotopic (exact) mass is 612 g/mol. The van der Waals surface area contributed by atoms with Crippen molar-refractivity contribution in [3.63, 3.8) is 0 Å². The summed E-state index contributed by atoms with van der Waals surface area (Å²) in [4.78, 5) is 46.5. The van der Waals surface area contributed by atoms with Crippen LogP contribution in [0.15, 0.2) is 30.6 Å². The molecule has 1 aliphatic carbocycles. The molecule has 0 radical (unpaired) electrons. The van der Waals surface area contributed by atoms with Crippen molar-refractivity contribution in [1.82, 2.24) is 34.4 Å². The van der Waals surface area contributed by atoms with Crippen LogP contribution in [0.1, 0.15) is 57.9 Å². The first kappa shape index (κ1) is 29.9. The Morgan fingerprint density at radius 2 is 1.77 bits per heavy atom. The lowest BCUT2D eigenvalue weighted by Crippen LogP contribution is -2.59. The zero-order valence-corrected chi connectivity index (χ0v) is 24.7. The predicted octanol–water partition coefficient (Wildman–Crippen LogP) is 3.31. The molecule has 1 saturated carbocycles. The average Bonchev–Trinajstić information content (AvgIpc) is 3.53. The summed E-state index contributed by atoms with van der Waals surface area (Å²) < 4.78 is 44.3. The van der Waals surface area contributed by atoms with Gasteiger partial charge in [0.05, 0.1) is 23.5 Å². The lowest BCUT2D eigenvalue weighted by molar-refractivity contribution is -0.141. The lowest BCUT2D eigenvalue weighted by atomic mass is 9.85. The van der Waals surface area contributed by atoms with Crippen LogP contribution < -0.4 is 10.6 Å². The molecule has 2 saturated heterocycles. The first-order chi connectivity index (χ1) is 21.0. The fraction of sp³-hybridized carbons (Fsp3) is 0.500. The van der Waals surface area contributed by atoms with E-state index >= 15 is 0 Å². The van der Waals surface area contributed by atoms with Crippen LogP contribution in [0, 0.1) is 12.8 Å². The summed E-state index contributed by atoms with van der Waals surface area (Å²) in [5.74, 6) is -0.422. The maximum atomic E-state index is 13.9. The van der Waals surface area contributed by atoms with E-state index in [2.05, 4.69) is 20.7 Å². The highest BCUT2D eigenvalue weighted by atomic mass is 19.4. The van der Waals surface area contributed by atoms with E-state index in [-0.39, 0.29) is 34.9 Å². The SMILES string of the molecule is Cc1cc(NC(=O)c2ncc(-c3cn(CC4CCC4)nc3C(F)(F)F)n2C)ccc1C(=O)N1CCN(C(=O)C2CCN2)CC1. The standard InChI is InChI=1S/C30H35F3N8O3/c1-18-14-20(6-7-21(18)28(43)39-10-12-40(13-11-39)29(44)23-8-9-34-23)36-27(42)26-35-15-24(38(26)2)22-17-41(16-19-4-3-5-19)37-25(22)30(31,32)33/h6-7,14-15,17,19,23,34H,3-5,8-13,16H2,1-2H3,(H,36,42). The first-order valence-electron chi connectivity index (χ1n) is 14.9. The Balaban J connectivity index is 1.12. The third kappa shape index (κ3) is 5.82. The van der Waals surface area contributed by atoms with Gasteiger partial charge in [-0.15, -0.1) is 0 Å². The molecule has 1 unspecified atom stereocenters. The van der Waals surface area contributed by atoms with E-state index in [4.69, 9.17) is 0 Å². The molecule has 2 aromatic heterocycles. The van der Waals surface area contributed by atoms with Crippen molar-refractivity contribution in [2.45, 2.75) is 51.4 Å². The second-order valence-corrected chi connectivity index (χ2v) is 11.8. The fourth-order valence-corrected chi connectivity index (χ4v) is 5.91. The number of imidazole rings is 1. The number of hydrogen-bond donors (Lipinski definition) is 2. The van der Waals surface area contributed by atoms with Crippen LogP contribution in [0.3, 0.4) is 0 Å². The van der Waals surface area contributed by atoms with Crippen molar-refractivity contribution >= 4 is 23.4 Å². The fourth-order valence-electron chi connectivity index (χ4n) is 5.91. The second-order valence-electron chi connectivity index (χ2n) is 11.8. The lowest BCUT2D eigenvalue weighted by Gasteiger charge is -2.38. The predicted molar refractivity (Wildman–Crippen MR) is 155 cm³/mol. The van der Waals surface area contributed by atoms with E-state index in [0.717, 1.165) is 32.2 Å².